The second-order valence-electron chi connectivity index (χ2n) is 22.1. The molecule has 97 heavy (non-hydrogen) atoms. The van der Waals surface area contributed by atoms with E-state index in [-0.39, 0.29) is 33.4 Å². The summed E-state index contributed by atoms with van der Waals surface area (Å²) in [5, 5.41) is 51.0. The average molecular weight is 1320 g/mol. The molecule has 0 radical (unpaired) electrons. The maximum atomic E-state index is 16.5. The smallest absolute Gasteiger partial charge is 0.419 e. The fourth-order valence-corrected chi connectivity index (χ4v) is 10.8. The summed E-state index contributed by atoms with van der Waals surface area (Å²) in [4.78, 5) is 28.4. The van der Waals surface area contributed by atoms with Crippen LogP contribution in [0.25, 0.3) is 22.3 Å². The molecule has 0 saturated heterocycles. The van der Waals surface area contributed by atoms with Crippen molar-refractivity contribution in [2.24, 2.45) is 0 Å². The number of carbonyl (C=O) groups excluding carboxylic acids is 2. The van der Waals surface area contributed by atoms with Crippen molar-refractivity contribution in [1.29, 1.82) is 0 Å². The zero-order valence-electron chi connectivity index (χ0n) is 50.3. The topological polar surface area (TPSA) is 139 Å². The number of hydrogen-bond acceptors (Lipinski definition) is 6. The summed E-state index contributed by atoms with van der Waals surface area (Å²) in [5.41, 5.74) is -25.6. The summed E-state index contributed by atoms with van der Waals surface area (Å²) >= 11 is 0. The van der Waals surface area contributed by atoms with Crippen molar-refractivity contribution in [3.05, 3.63) is 295 Å². The van der Waals surface area contributed by atoms with Gasteiger partial charge in [0.25, 0.3) is 11.8 Å². The van der Waals surface area contributed by atoms with E-state index in [4.69, 9.17) is 0 Å². The number of nitrogens with one attached hydrogen (secondary N) is 2. The molecule has 0 aromatic heterocycles. The molecule has 8 nitrogen and oxygen atoms in total. The number of carbonyl (C=O) groups is 2. The van der Waals surface area contributed by atoms with E-state index in [0.717, 1.165) is 24.3 Å². The van der Waals surface area contributed by atoms with Gasteiger partial charge in [-0.2, -0.15) is 52.7 Å². The van der Waals surface area contributed by atoms with Crippen LogP contribution in [0.1, 0.15) is 112 Å². The van der Waals surface area contributed by atoms with E-state index in [9.17, 15) is 30.0 Å². The highest BCUT2D eigenvalue weighted by Gasteiger charge is 2.50. The van der Waals surface area contributed by atoms with Gasteiger partial charge in [0.15, 0.2) is 11.5 Å². The Labute approximate surface area is 546 Å². The number of phenolic OH excluding ortho intramolecular Hbond substituents is 4. The van der Waals surface area contributed by atoms with Gasteiger partial charge in [-0.05, 0) is 120 Å². The van der Waals surface area contributed by atoms with E-state index in [1.807, 2.05) is 10.6 Å². The van der Waals surface area contributed by atoms with E-state index < -0.39 is 143 Å². The van der Waals surface area contributed by atoms with Crippen LogP contribution in [0.5, 0.6) is 23.0 Å². The molecule has 10 aromatic rings. The molecule has 0 aliphatic heterocycles. The molecule has 0 atom stereocenters. The number of aromatic hydroxyl groups is 4. The highest BCUT2D eigenvalue weighted by atomic mass is 19.4. The molecular weight excluding hydrogens is 1280 g/mol. The second-order valence-corrected chi connectivity index (χ2v) is 22.1. The van der Waals surface area contributed by atoms with Gasteiger partial charge in [-0.25, -0.2) is 0 Å². The van der Waals surface area contributed by atoms with Gasteiger partial charge in [0.2, 0.25) is 0 Å². The number of benzene rings is 10. The predicted octanol–water partition coefficient (Wildman–Crippen LogP) is 18.3. The normalized spacial score (nSPS) is 11.5. The number of halogens is 12. The van der Waals surface area contributed by atoms with Gasteiger partial charge in [0.05, 0.1) is 44.8 Å². The van der Waals surface area contributed by atoms with Gasteiger partial charge in [-0.3, -0.25) is 9.59 Å². The molecule has 0 fully saturated rings. The summed E-state index contributed by atoms with van der Waals surface area (Å²) < 4.78 is 196. The Balaban J connectivity index is 1.20. The molecule has 484 valence electrons. The van der Waals surface area contributed by atoms with Crippen LogP contribution in [0, 0.1) is 47.4 Å². The minimum Gasteiger partial charge on any atom is -0.507 e. The summed E-state index contributed by atoms with van der Waals surface area (Å²) in [5.74, 6) is 12.4. The fraction of sp³-hybridized carbons (Fsp3) is 0.0909. The van der Waals surface area contributed by atoms with Crippen LogP contribution in [0.3, 0.4) is 0 Å². The fourth-order valence-electron chi connectivity index (χ4n) is 10.8. The first-order valence-corrected chi connectivity index (χ1v) is 28.8. The Hall–Kier alpha value is -12.3. The SMILES string of the molecule is CC(C)(c1ccc(O)c(-c2cc(C#Cc3ccccc3)c(O)c(NC(=O)c3cccc(C#Cc4ccccc4)c3)c2C(F)(F)F)c1C(F)(F)F)c1ccc(O)c(-c2cc(C#Cc3ccccc3)c(O)c(NC(=O)c3cccc(C#Cc4ccccc4)c3)c2C(F)(F)F)c1C(F)(F)F. The van der Waals surface area contributed by atoms with Gasteiger partial charge in [0, 0.05) is 72.2 Å². The number of alkyl halides is 12. The van der Waals surface area contributed by atoms with Crippen LogP contribution in [-0.2, 0) is 30.1 Å². The lowest BCUT2D eigenvalue weighted by atomic mass is 9.71. The van der Waals surface area contributed by atoms with Gasteiger partial charge in [0.1, 0.15) is 11.5 Å². The highest BCUT2D eigenvalue weighted by molar-refractivity contribution is 6.08. The van der Waals surface area contributed by atoms with E-state index in [2.05, 4.69) is 47.4 Å². The Morgan fingerprint density at radius 3 is 0.907 bits per heavy atom. The number of hydrogen-bond donors (Lipinski definition) is 6. The molecule has 2 amide bonds. The Kier molecular flexibility index (Phi) is 18.8. The van der Waals surface area contributed by atoms with Crippen molar-refractivity contribution in [1.82, 2.24) is 0 Å². The monoisotopic (exact) mass is 1320 g/mol. The lowest BCUT2D eigenvalue weighted by Crippen LogP contribution is -2.29. The largest absolute Gasteiger partial charge is 0.507 e. The molecule has 0 aliphatic rings. The van der Waals surface area contributed by atoms with Crippen LogP contribution >= 0.6 is 0 Å². The van der Waals surface area contributed by atoms with Gasteiger partial charge < -0.3 is 31.1 Å². The third-order valence-corrected chi connectivity index (χ3v) is 15.2. The average Bonchev–Trinajstić information content (AvgIpc) is 0.723. The third kappa shape index (κ3) is 14.9. The Morgan fingerprint density at radius 2 is 0.608 bits per heavy atom. The first kappa shape index (κ1) is 67.6. The van der Waals surface area contributed by atoms with E-state index in [0.29, 0.717) is 61.4 Å². The molecule has 0 bridgehead atoms. The summed E-state index contributed by atoms with van der Waals surface area (Å²) in [6.07, 6.45) is -23.9. The maximum Gasteiger partial charge on any atom is 0.419 e. The molecule has 0 saturated carbocycles. The van der Waals surface area contributed by atoms with Gasteiger partial charge in [-0.1, -0.05) is 158 Å². The second kappa shape index (κ2) is 27.0. The van der Waals surface area contributed by atoms with Crippen LogP contribution < -0.4 is 10.6 Å². The van der Waals surface area contributed by atoms with Crippen LogP contribution in [-0.4, -0.2) is 32.2 Å². The number of anilines is 2. The Bertz CT molecular complexity index is 4690. The predicted molar refractivity (Wildman–Crippen MR) is 341 cm³/mol. The first-order chi connectivity index (χ1) is 45.9. The minimum absolute atomic E-state index is 0.150. The van der Waals surface area contributed by atoms with Crippen LogP contribution in [0.2, 0.25) is 0 Å². The van der Waals surface area contributed by atoms with Gasteiger partial charge in [-0.15, -0.1) is 0 Å². The number of amides is 2. The summed E-state index contributed by atoms with van der Waals surface area (Å²) in [6.45, 7) is 1.41. The van der Waals surface area contributed by atoms with Crippen molar-refractivity contribution < 1.29 is 82.7 Å². The molecule has 20 heteroatoms. The third-order valence-electron chi connectivity index (χ3n) is 15.2. The van der Waals surface area contributed by atoms with Crippen molar-refractivity contribution in [2.45, 2.75) is 44.0 Å². The molecule has 10 aromatic carbocycles. The van der Waals surface area contributed by atoms with E-state index in [1.165, 1.54) is 72.8 Å². The van der Waals surface area contributed by atoms with Crippen molar-refractivity contribution >= 4 is 23.2 Å². The first-order valence-electron chi connectivity index (χ1n) is 28.8. The van der Waals surface area contributed by atoms with E-state index in [1.54, 1.807) is 72.8 Å². The summed E-state index contributed by atoms with van der Waals surface area (Å²) in [6, 6.07) is 44.1. The quantitative estimate of drug-likeness (QED) is 0.0509. The molecule has 0 spiro atoms. The van der Waals surface area contributed by atoms with Crippen molar-refractivity contribution in [2.75, 3.05) is 10.6 Å². The van der Waals surface area contributed by atoms with Crippen molar-refractivity contribution in [3.63, 3.8) is 0 Å². The zero-order chi connectivity index (χ0) is 69.8. The zero-order valence-corrected chi connectivity index (χ0v) is 50.3. The molecule has 0 heterocycles. The molecule has 0 unspecified atom stereocenters. The number of phenols is 4. The standard InChI is InChI=1S/C77H46F12N2O6/c1-73(2,57-37-39-59(92)61(65(57)76(84,85)86)55-43-51(35-33-47-21-11-5-12-22-47)69(94)67(63(55)74(78,79)80)90-71(96)53-27-15-25-49(41-53)31-29-45-17-7-3-8-18-45)58-38-40-60(93)62(66(58)77(87,88)89)56-44-52(36-34-48-23-13-6-14-24-48)70(95)68(64(56)75(81,82)83)91-72(97)54-28-16-26-50(42-54)32-30-46-19-9-4-10-20-46/h3-28,37-44,92-95H,1-2H3,(H,90,96)(H,91,97). The van der Waals surface area contributed by atoms with Gasteiger partial charge >= 0.3 is 24.7 Å². The molecule has 0 aliphatic carbocycles. The van der Waals surface area contributed by atoms with Crippen molar-refractivity contribution in [3.8, 4) is 92.6 Å². The summed E-state index contributed by atoms with van der Waals surface area (Å²) in [7, 11) is 0. The number of rotatable bonds is 8. The lowest BCUT2D eigenvalue weighted by Gasteiger charge is -2.34. The minimum atomic E-state index is -6.02. The lowest BCUT2D eigenvalue weighted by molar-refractivity contribution is -0.140. The van der Waals surface area contributed by atoms with Crippen LogP contribution in [0.15, 0.2) is 206 Å². The molecule has 10 rings (SSSR count). The Morgan fingerprint density at radius 1 is 0.330 bits per heavy atom. The highest BCUT2D eigenvalue weighted by Crippen LogP contribution is 2.58. The molecule has 6 N–H and O–H groups in total. The van der Waals surface area contributed by atoms with E-state index >= 15 is 52.7 Å². The van der Waals surface area contributed by atoms with Crippen LogP contribution in [0.4, 0.5) is 64.1 Å². The molecular formula is C77H46F12N2O6. The maximum absolute atomic E-state index is 16.5.